The van der Waals surface area contributed by atoms with E-state index in [4.69, 9.17) is 0 Å². The Kier molecular flexibility index (Phi) is 3.63. The molecule has 0 aromatic carbocycles. The minimum absolute atomic E-state index is 0.127. The van der Waals surface area contributed by atoms with Gasteiger partial charge in [-0.05, 0) is 48.0 Å². The van der Waals surface area contributed by atoms with Crippen molar-refractivity contribution in [1.29, 1.82) is 0 Å². The number of rotatable bonds is 3. The topological polar surface area (TPSA) is 48.5 Å². The Balaban J connectivity index is 2.13. The lowest BCUT2D eigenvalue weighted by Gasteiger charge is -2.17. The minimum Gasteiger partial charge on any atom is -0.336 e. The first-order valence-electron chi connectivity index (χ1n) is 6.73. The standard InChI is InChI=1S/C15H16BrN5/c1-10-15(20(3)19-18-10)14-8-12(16)9-21(14)11(2)13-6-4-5-7-17-13/h4-9,11H,1-3H3/t11-/m0/s1. The summed E-state index contributed by atoms with van der Waals surface area (Å²) >= 11 is 3.57. The first-order valence-corrected chi connectivity index (χ1v) is 7.52. The van der Waals surface area contributed by atoms with Crippen molar-refractivity contribution >= 4 is 15.9 Å². The first-order chi connectivity index (χ1) is 10.1. The molecule has 0 amide bonds. The molecular formula is C15H16BrN5. The molecule has 0 aliphatic carbocycles. The molecule has 3 aromatic heterocycles. The average Bonchev–Trinajstić information content (AvgIpc) is 3.02. The van der Waals surface area contributed by atoms with Crippen LogP contribution in [0.15, 0.2) is 41.1 Å². The molecule has 0 radical (unpaired) electrons. The molecule has 0 unspecified atom stereocenters. The molecule has 0 spiro atoms. The van der Waals surface area contributed by atoms with Gasteiger partial charge in [0.05, 0.1) is 23.1 Å². The predicted molar refractivity (Wildman–Crippen MR) is 84.9 cm³/mol. The third-order valence-corrected chi connectivity index (χ3v) is 4.02. The number of halogens is 1. The Morgan fingerprint density at radius 1 is 1.29 bits per heavy atom. The van der Waals surface area contributed by atoms with E-state index in [1.807, 2.05) is 38.4 Å². The fourth-order valence-electron chi connectivity index (χ4n) is 2.53. The maximum atomic E-state index is 4.46. The van der Waals surface area contributed by atoms with Gasteiger partial charge in [-0.1, -0.05) is 11.3 Å². The third-order valence-electron chi connectivity index (χ3n) is 3.59. The van der Waals surface area contributed by atoms with Crippen LogP contribution in [-0.2, 0) is 7.05 Å². The Morgan fingerprint density at radius 2 is 2.10 bits per heavy atom. The smallest absolute Gasteiger partial charge is 0.108 e. The maximum absolute atomic E-state index is 4.46. The van der Waals surface area contributed by atoms with Gasteiger partial charge in [0, 0.05) is 23.9 Å². The highest BCUT2D eigenvalue weighted by Crippen LogP contribution is 2.31. The molecule has 21 heavy (non-hydrogen) atoms. The van der Waals surface area contributed by atoms with Crippen LogP contribution in [0.25, 0.3) is 11.4 Å². The molecule has 6 heteroatoms. The van der Waals surface area contributed by atoms with Crippen LogP contribution in [-0.4, -0.2) is 24.5 Å². The molecule has 3 rings (SSSR count). The zero-order chi connectivity index (χ0) is 15.0. The van der Waals surface area contributed by atoms with E-state index in [2.05, 4.69) is 55.0 Å². The van der Waals surface area contributed by atoms with Crippen LogP contribution >= 0.6 is 15.9 Å². The molecule has 0 aliphatic rings. The van der Waals surface area contributed by atoms with Gasteiger partial charge in [0.25, 0.3) is 0 Å². The lowest BCUT2D eigenvalue weighted by molar-refractivity contribution is 0.623. The molecule has 0 bridgehead atoms. The molecule has 1 atom stereocenters. The van der Waals surface area contributed by atoms with Crippen LogP contribution < -0.4 is 0 Å². The van der Waals surface area contributed by atoms with Gasteiger partial charge < -0.3 is 4.57 Å². The van der Waals surface area contributed by atoms with Crippen LogP contribution in [0.3, 0.4) is 0 Å². The monoisotopic (exact) mass is 345 g/mol. The Morgan fingerprint density at radius 3 is 2.71 bits per heavy atom. The minimum atomic E-state index is 0.127. The predicted octanol–water partition coefficient (Wildman–Crippen LogP) is 3.36. The van der Waals surface area contributed by atoms with Gasteiger partial charge in [0.1, 0.15) is 5.69 Å². The Bertz CT molecular complexity index is 740. The summed E-state index contributed by atoms with van der Waals surface area (Å²) in [7, 11) is 1.91. The highest BCUT2D eigenvalue weighted by atomic mass is 79.9. The summed E-state index contributed by atoms with van der Waals surface area (Å²) < 4.78 is 5.03. The van der Waals surface area contributed by atoms with E-state index in [1.165, 1.54) is 0 Å². The van der Waals surface area contributed by atoms with E-state index in [9.17, 15) is 0 Å². The van der Waals surface area contributed by atoms with Crippen molar-refractivity contribution in [3.63, 3.8) is 0 Å². The number of pyridine rings is 1. The van der Waals surface area contributed by atoms with E-state index in [0.717, 1.165) is 27.2 Å². The molecule has 3 heterocycles. The molecule has 3 aromatic rings. The summed E-state index contributed by atoms with van der Waals surface area (Å²) in [6.07, 6.45) is 3.89. The molecule has 0 fully saturated rings. The van der Waals surface area contributed by atoms with Crippen molar-refractivity contribution < 1.29 is 0 Å². The van der Waals surface area contributed by atoms with Gasteiger partial charge in [-0.3, -0.25) is 4.98 Å². The number of aromatic nitrogens is 5. The van der Waals surface area contributed by atoms with Crippen molar-refractivity contribution in [2.45, 2.75) is 19.9 Å². The quantitative estimate of drug-likeness (QED) is 0.731. The second-order valence-electron chi connectivity index (χ2n) is 5.03. The van der Waals surface area contributed by atoms with Crippen molar-refractivity contribution in [3.05, 3.63) is 52.5 Å². The highest BCUT2D eigenvalue weighted by Gasteiger charge is 2.19. The fourth-order valence-corrected chi connectivity index (χ4v) is 2.97. The van der Waals surface area contributed by atoms with Gasteiger partial charge >= 0.3 is 0 Å². The molecule has 5 nitrogen and oxygen atoms in total. The van der Waals surface area contributed by atoms with Gasteiger partial charge in [-0.15, -0.1) is 5.10 Å². The molecular weight excluding hydrogens is 330 g/mol. The maximum Gasteiger partial charge on any atom is 0.108 e. The number of hydrogen-bond acceptors (Lipinski definition) is 3. The largest absolute Gasteiger partial charge is 0.336 e. The summed E-state index contributed by atoms with van der Waals surface area (Å²) in [5.74, 6) is 0. The Hall–Kier alpha value is -1.95. The summed E-state index contributed by atoms with van der Waals surface area (Å²) in [4.78, 5) is 4.46. The number of nitrogens with zero attached hydrogens (tertiary/aromatic N) is 5. The Labute approximate surface area is 131 Å². The normalized spacial score (nSPS) is 12.6. The van der Waals surface area contributed by atoms with Crippen molar-refractivity contribution in [1.82, 2.24) is 24.5 Å². The molecule has 0 aliphatic heterocycles. The van der Waals surface area contributed by atoms with Crippen LogP contribution in [0.1, 0.15) is 24.4 Å². The van der Waals surface area contributed by atoms with Crippen molar-refractivity contribution in [2.75, 3.05) is 0 Å². The zero-order valence-corrected chi connectivity index (χ0v) is 13.7. The van der Waals surface area contributed by atoms with Gasteiger partial charge in [0.15, 0.2) is 0 Å². The molecule has 0 saturated carbocycles. The van der Waals surface area contributed by atoms with E-state index in [-0.39, 0.29) is 6.04 Å². The van der Waals surface area contributed by atoms with Gasteiger partial charge in [-0.2, -0.15) is 0 Å². The SMILES string of the molecule is Cc1nnn(C)c1-c1cc(Br)cn1[C@@H](C)c1ccccn1. The van der Waals surface area contributed by atoms with Crippen molar-refractivity contribution in [3.8, 4) is 11.4 Å². The lowest BCUT2D eigenvalue weighted by Crippen LogP contribution is -2.10. The highest BCUT2D eigenvalue weighted by molar-refractivity contribution is 9.10. The van der Waals surface area contributed by atoms with Crippen LogP contribution in [0.2, 0.25) is 0 Å². The number of aryl methyl sites for hydroxylation is 2. The molecule has 0 N–H and O–H groups in total. The van der Waals surface area contributed by atoms with Gasteiger partial charge in [-0.25, -0.2) is 4.68 Å². The summed E-state index contributed by atoms with van der Waals surface area (Å²) in [6, 6.07) is 8.19. The van der Waals surface area contributed by atoms with E-state index >= 15 is 0 Å². The van der Waals surface area contributed by atoms with Crippen molar-refractivity contribution in [2.24, 2.45) is 7.05 Å². The number of hydrogen-bond donors (Lipinski definition) is 0. The molecule has 0 saturated heterocycles. The first kappa shape index (κ1) is 14.0. The second-order valence-corrected chi connectivity index (χ2v) is 5.94. The van der Waals surface area contributed by atoms with Crippen LogP contribution in [0.5, 0.6) is 0 Å². The van der Waals surface area contributed by atoms with Crippen LogP contribution in [0, 0.1) is 6.92 Å². The lowest BCUT2D eigenvalue weighted by atomic mass is 10.2. The zero-order valence-electron chi connectivity index (χ0n) is 12.2. The molecule has 108 valence electrons. The second kappa shape index (κ2) is 5.44. The van der Waals surface area contributed by atoms with Gasteiger partial charge in [0.2, 0.25) is 0 Å². The summed E-state index contributed by atoms with van der Waals surface area (Å²) in [5, 5.41) is 8.24. The average molecular weight is 346 g/mol. The van der Waals surface area contributed by atoms with E-state index < -0.39 is 0 Å². The summed E-state index contributed by atoms with van der Waals surface area (Å²) in [6.45, 7) is 4.11. The van der Waals surface area contributed by atoms with Crippen LogP contribution in [0.4, 0.5) is 0 Å². The summed E-state index contributed by atoms with van der Waals surface area (Å²) in [5.41, 5.74) is 4.03. The fraction of sp³-hybridized carbons (Fsp3) is 0.267. The van der Waals surface area contributed by atoms with E-state index in [0.29, 0.717) is 0 Å². The third kappa shape index (κ3) is 2.51. The van der Waals surface area contributed by atoms with E-state index in [1.54, 1.807) is 4.68 Å².